The topological polar surface area (TPSA) is 58.1 Å². The van der Waals surface area contributed by atoms with Crippen molar-refractivity contribution in [1.29, 1.82) is 0 Å². The van der Waals surface area contributed by atoms with Crippen molar-refractivity contribution in [2.75, 3.05) is 6.54 Å². The fourth-order valence-electron chi connectivity index (χ4n) is 4.48. The fourth-order valence-corrected chi connectivity index (χ4v) is 4.67. The van der Waals surface area contributed by atoms with E-state index in [0.29, 0.717) is 21.2 Å². The van der Waals surface area contributed by atoms with Crippen LogP contribution in [-0.2, 0) is 7.05 Å². The lowest BCUT2D eigenvalue weighted by Gasteiger charge is -2.26. The van der Waals surface area contributed by atoms with Gasteiger partial charge in [-0.1, -0.05) is 42.5 Å². The lowest BCUT2D eigenvalue weighted by atomic mass is 9.97. The average Bonchev–Trinajstić information content (AvgIpc) is 3.26. The maximum absolute atomic E-state index is 13.4. The Balaban J connectivity index is 1.56. The first-order valence-corrected chi connectivity index (χ1v) is 10.5. The Morgan fingerprint density at radius 2 is 1.87 bits per heavy atom. The smallest absolute Gasteiger partial charge is 0.261 e. The second-order valence-electron chi connectivity index (χ2n) is 7.78. The van der Waals surface area contributed by atoms with E-state index in [1.807, 2.05) is 17.0 Å². The molecule has 1 atom stereocenters. The molecule has 6 heteroatoms. The van der Waals surface area contributed by atoms with Crippen molar-refractivity contribution in [1.82, 2.24) is 14.5 Å². The molecule has 1 N–H and O–H groups in total. The van der Waals surface area contributed by atoms with Gasteiger partial charge in [-0.15, -0.1) is 0 Å². The first-order chi connectivity index (χ1) is 14.5. The molecule has 2 heterocycles. The Kier molecular flexibility index (Phi) is 4.51. The van der Waals surface area contributed by atoms with E-state index in [9.17, 15) is 9.59 Å². The number of hydrogen-bond donors (Lipinski definition) is 1. The van der Waals surface area contributed by atoms with Crippen molar-refractivity contribution in [2.45, 2.75) is 18.9 Å². The van der Waals surface area contributed by atoms with E-state index in [0.717, 1.165) is 19.4 Å². The molecule has 0 radical (unpaired) electrons. The maximum atomic E-state index is 13.4. The quantitative estimate of drug-likeness (QED) is 0.482. The first-order valence-electron chi connectivity index (χ1n) is 10.1. The molecule has 150 valence electrons. The lowest BCUT2D eigenvalue weighted by Crippen LogP contribution is -2.30. The summed E-state index contributed by atoms with van der Waals surface area (Å²) in [6, 6.07) is 19.8. The molecule has 1 aliphatic heterocycles. The molecule has 1 unspecified atom stereocenters. The van der Waals surface area contributed by atoms with Crippen LogP contribution in [0.3, 0.4) is 0 Å². The van der Waals surface area contributed by atoms with E-state index in [-0.39, 0.29) is 17.5 Å². The number of aromatic amines is 1. The van der Waals surface area contributed by atoms with Gasteiger partial charge >= 0.3 is 0 Å². The molecule has 5 nitrogen and oxygen atoms in total. The van der Waals surface area contributed by atoms with Crippen molar-refractivity contribution >= 4 is 39.8 Å². The van der Waals surface area contributed by atoms with Gasteiger partial charge in [0.1, 0.15) is 0 Å². The Morgan fingerprint density at radius 3 is 2.73 bits per heavy atom. The third-order valence-electron chi connectivity index (χ3n) is 6.04. The van der Waals surface area contributed by atoms with Gasteiger partial charge in [0.2, 0.25) is 0 Å². The first kappa shape index (κ1) is 18.8. The molecular formula is C24H21N3O2S. The predicted octanol–water partition coefficient (Wildman–Crippen LogP) is 4.73. The summed E-state index contributed by atoms with van der Waals surface area (Å²) in [7, 11) is 1.64. The highest BCUT2D eigenvalue weighted by atomic mass is 32.1. The van der Waals surface area contributed by atoms with Gasteiger partial charge in [0.25, 0.3) is 11.5 Å². The van der Waals surface area contributed by atoms with Crippen molar-refractivity contribution < 1.29 is 4.79 Å². The van der Waals surface area contributed by atoms with Gasteiger partial charge in [-0.25, -0.2) is 0 Å². The number of hydrogen-bond acceptors (Lipinski definition) is 3. The molecular weight excluding hydrogens is 394 g/mol. The van der Waals surface area contributed by atoms with Crippen molar-refractivity contribution in [3.8, 4) is 0 Å². The summed E-state index contributed by atoms with van der Waals surface area (Å²) in [6.45, 7) is 0.720. The average molecular weight is 416 g/mol. The molecule has 4 aromatic rings. The van der Waals surface area contributed by atoms with Crippen LogP contribution in [0.15, 0.2) is 65.5 Å². The Morgan fingerprint density at radius 1 is 1.07 bits per heavy atom. The van der Waals surface area contributed by atoms with Crippen LogP contribution in [0.2, 0.25) is 0 Å². The number of likely N-dealkylation sites (tertiary alicyclic amines) is 1. The van der Waals surface area contributed by atoms with Gasteiger partial charge < -0.3 is 9.88 Å². The molecule has 0 aliphatic carbocycles. The fraction of sp³-hybridized carbons (Fsp3) is 0.208. The standard InChI is InChI=1S/C24H21N3O2S/c1-26-23(29)19-12-11-16(14-20(19)25-24(26)30)22(28)27-13-5-10-21(27)18-9-4-7-15-6-2-3-8-17(15)18/h2-4,6-9,11-12,14,21H,5,10,13H2,1H3,(H,25,30). The van der Waals surface area contributed by atoms with Gasteiger partial charge in [-0.3, -0.25) is 14.2 Å². The summed E-state index contributed by atoms with van der Waals surface area (Å²) < 4.78 is 1.74. The van der Waals surface area contributed by atoms with Gasteiger partial charge in [0.15, 0.2) is 4.77 Å². The number of carbonyl (C=O) groups excluding carboxylic acids is 1. The molecule has 1 saturated heterocycles. The third-order valence-corrected chi connectivity index (χ3v) is 6.42. The number of aromatic nitrogens is 2. The molecule has 0 spiro atoms. The van der Waals surface area contributed by atoms with E-state index in [2.05, 4.69) is 35.3 Å². The van der Waals surface area contributed by atoms with Crippen LogP contribution >= 0.6 is 12.2 Å². The van der Waals surface area contributed by atoms with Crippen molar-refractivity contribution in [2.24, 2.45) is 7.05 Å². The molecule has 1 fully saturated rings. The van der Waals surface area contributed by atoms with Crippen LogP contribution in [0.1, 0.15) is 34.8 Å². The molecule has 1 aliphatic rings. The number of nitrogens with zero attached hydrogens (tertiary/aromatic N) is 2. The minimum Gasteiger partial charge on any atom is -0.332 e. The van der Waals surface area contributed by atoms with Gasteiger partial charge in [0.05, 0.1) is 16.9 Å². The zero-order chi connectivity index (χ0) is 20.8. The molecule has 1 amide bonds. The zero-order valence-electron chi connectivity index (χ0n) is 16.6. The lowest BCUT2D eigenvalue weighted by molar-refractivity contribution is 0.0736. The number of amides is 1. The highest BCUT2D eigenvalue weighted by molar-refractivity contribution is 7.71. The number of fused-ring (bicyclic) bond motifs is 2. The summed E-state index contributed by atoms with van der Waals surface area (Å²) in [5, 5.41) is 2.90. The van der Waals surface area contributed by atoms with E-state index in [1.165, 1.54) is 20.9 Å². The van der Waals surface area contributed by atoms with E-state index in [1.54, 1.807) is 25.2 Å². The van der Waals surface area contributed by atoms with E-state index >= 15 is 0 Å². The number of benzene rings is 3. The number of H-pyrrole nitrogens is 1. The molecule has 0 bridgehead atoms. The highest BCUT2D eigenvalue weighted by Gasteiger charge is 2.31. The van der Waals surface area contributed by atoms with Crippen LogP contribution in [0.4, 0.5) is 0 Å². The Labute approximate surface area is 178 Å². The number of nitrogens with one attached hydrogen (secondary N) is 1. The molecule has 5 rings (SSSR count). The van der Waals surface area contributed by atoms with Crippen LogP contribution in [-0.4, -0.2) is 26.9 Å². The van der Waals surface area contributed by atoms with Crippen molar-refractivity contribution in [3.63, 3.8) is 0 Å². The van der Waals surface area contributed by atoms with Crippen LogP contribution in [0.25, 0.3) is 21.7 Å². The summed E-state index contributed by atoms with van der Waals surface area (Å²) >= 11 is 5.22. The molecule has 1 aromatic heterocycles. The summed E-state index contributed by atoms with van der Waals surface area (Å²) in [6.07, 6.45) is 1.91. The summed E-state index contributed by atoms with van der Waals surface area (Å²) in [4.78, 5) is 30.9. The molecule has 30 heavy (non-hydrogen) atoms. The minimum absolute atomic E-state index is 0.0210. The third kappa shape index (κ3) is 2.95. The summed E-state index contributed by atoms with van der Waals surface area (Å²) in [5.41, 5.74) is 2.18. The van der Waals surface area contributed by atoms with Crippen LogP contribution in [0, 0.1) is 4.77 Å². The SMILES string of the molecule is Cn1c(=S)[nH]c2cc(C(=O)N3CCCC3c3cccc4ccccc34)ccc2c1=O. The van der Waals surface area contributed by atoms with E-state index in [4.69, 9.17) is 12.2 Å². The largest absolute Gasteiger partial charge is 0.332 e. The predicted molar refractivity (Wildman–Crippen MR) is 121 cm³/mol. The van der Waals surface area contributed by atoms with Gasteiger partial charge in [0, 0.05) is 19.2 Å². The van der Waals surface area contributed by atoms with Crippen LogP contribution < -0.4 is 5.56 Å². The normalized spacial score (nSPS) is 16.4. The Hall–Kier alpha value is -3.25. The van der Waals surface area contributed by atoms with Gasteiger partial charge in [-0.2, -0.15) is 0 Å². The minimum atomic E-state index is -0.164. The highest BCUT2D eigenvalue weighted by Crippen LogP contribution is 2.36. The van der Waals surface area contributed by atoms with E-state index < -0.39 is 0 Å². The molecule has 0 saturated carbocycles. The Bertz CT molecular complexity index is 1410. The number of rotatable bonds is 2. The second kappa shape index (κ2) is 7.22. The maximum Gasteiger partial charge on any atom is 0.261 e. The zero-order valence-corrected chi connectivity index (χ0v) is 17.4. The second-order valence-corrected chi connectivity index (χ2v) is 8.17. The molecule has 3 aromatic carbocycles. The van der Waals surface area contributed by atoms with Crippen LogP contribution in [0.5, 0.6) is 0 Å². The summed E-state index contributed by atoms with van der Waals surface area (Å²) in [5.74, 6) is -0.0210. The number of carbonyl (C=O) groups is 1. The van der Waals surface area contributed by atoms with Gasteiger partial charge in [-0.05, 0) is 59.6 Å². The monoisotopic (exact) mass is 415 g/mol. The van der Waals surface area contributed by atoms with Crippen molar-refractivity contribution in [3.05, 3.63) is 86.9 Å².